The van der Waals surface area contributed by atoms with Crippen LogP contribution in [0.1, 0.15) is 42.2 Å². The highest BCUT2D eigenvalue weighted by molar-refractivity contribution is 5.96. The van der Waals surface area contributed by atoms with Crippen LogP contribution < -0.4 is 20.5 Å². The van der Waals surface area contributed by atoms with Gasteiger partial charge in [-0.3, -0.25) is 9.59 Å². The van der Waals surface area contributed by atoms with Crippen molar-refractivity contribution in [2.24, 2.45) is 5.73 Å². The number of rotatable bonds is 9. The first kappa shape index (κ1) is 23.3. The normalized spacial score (nSPS) is 10.2. The summed E-state index contributed by atoms with van der Waals surface area (Å²) in [5.74, 6) is -0.619. The first-order chi connectivity index (χ1) is 15.9. The average molecular weight is 448 g/mol. The van der Waals surface area contributed by atoms with E-state index in [1.165, 1.54) is 14.2 Å². The number of primary amides is 1. The van der Waals surface area contributed by atoms with Gasteiger partial charge in [-0.05, 0) is 47.5 Å². The quantitative estimate of drug-likeness (QED) is 0.486. The predicted molar refractivity (Wildman–Crippen MR) is 121 cm³/mol. The van der Waals surface area contributed by atoms with Crippen molar-refractivity contribution < 1.29 is 28.6 Å². The van der Waals surface area contributed by atoms with Crippen LogP contribution in [0.25, 0.3) is 0 Å². The molecule has 0 aliphatic rings. The van der Waals surface area contributed by atoms with Gasteiger partial charge in [0, 0.05) is 12.1 Å². The van der Waals surface area contributed by atoms with Gasteiger partial charge < -0.3 is 25.3 Å². The summed E-state index contributed by atoms with van der Waals surface area (Å²) in [5, 5.41) is 2.83. The number of carbonyl (C=O) groups excluding carboxylic acids is 3. The van der Waals surface area contributed by atoms with E-state index in [9.17, 15) is 14.4 Å². The number of hydrogen-bond acceptors (Lipinski definition) is 6. The van der Waals surface area contributed by atoms with Crippen molar-refractivity contribution >= 4 is 17.8 Å². The standard InChI is InChI=1S/C25H24N2O6/c1-31-21-11-10-16(13-20(21)25(30)32-2)14-27-24(29)18-7-5-6-17(12-18)15-33-22-9-4-3-8-19(22)23(26)28/h3-13H,14-15H2,1-2H3,(H2,26,28)(H,27,29). The number of benzene rings is 3. The van der Waals surface area contributed by atoms with Crippen molar-refractivity contribution in [3.05, 3.63) is 94.5 Å². The van der Waals surface area contributed by atoms with Gasteiger partial charge in [0.2, 0.25) is 0 Å². The molecule has 3 aromatic carbocycles. The Balaban J connectivity index is 1.66. The van der Waals surface area contributed by atoms with Crippen LogP contribution in [0.3, 0.4) is 0 Å². The monoisotopic (exact) mass is 448 g/mol. The molecule has 3 N–H and O–H groups in total. The van der Waals surface area contributed by atoms with Gasteiger partial charge in [0.05, 0.1) is 19.8 Å². The molecule has 0 saturated heterocycles. The van der Waals surface area contributed by atoms with Gasteiger partial charge in [-0.1, -0.05) is 30.3 Å². The number of nitrogens with one attached hydrogen (secondary N) is 1. The molecule has 8 nitrogen and oxygen atoms in total. The van der Waals surface area contributed by atoms with Gasteiger partial charge >= 0.3 is 5.97 Å². The van der Waals surface area contributed by atoms with E-state index in [2.05, 4.69) is 5.32 Å². The predicted octanol–water partition coefficient (Wildman–Crippen LogP) is 3.09. The van der Waals surface area contributed by atoms with E-state index in [0.717, 1.165) is 5.56 Å². The summed E-state index contributed by atoms with van der Waals surface area (Å²) in [6, 6.07) is 18.7. The second kappa shape index (κ2) is 10.8. The number of esters is 1. The molecule has 0 aromatic heterocycles. The largest absolute Gasteiger partial charge is 0.496 e. The Labute approximate surface area is 191 Å². The zero-order valence-corrected chi connectivity index (χ0v) is 18.3. The van der Waals surface area contributed by atoms with E-state index in [4.69, 9.17) is 19.9 Å². The first-order valence-corrected chi connectivity index (χ1v) is 10.1. The Morgan fingerprint density at radius 1 is 0.848 bits per heavy atom. The summed E-state index contributed by atoms with van der Waals surface area (Å²) in [4.78, 5) is 36.1. The molecule has 0 aliphatic heterocycles. The first-order valence-electron chi connectivity index (χ1n) is 10.1. The van der Waals surface area contributed by atoms with Gasteiger partial charge in [-0.25, -0.2) is 4.79 Å². The lowest BCUT2D eigenvalue weighted by Gasteiger charge is -2.12. The van der Waals surface area contributed by atoms with Gasteiger partial charge in [0.1, 0.15) is 23.7 Å². The molecule has 0 bridgehead atoms. The van der Waals surface area contributed by atoms with Crippen molar-refractivity contribution in [1.29, 1.82) is 0 Å². The number of ether oxygens (including phenoxy) is 3. The molecule has 33 heavy (non-hydrogen) atoms. The fraction of sp³-hybridized carbons (Fsp3) is 0.160. The molecule has 2 amide bonds. The molecule has 0 heterocycles. The van der Waals surface area contributed by atoms with Crippen molar-refractivity contribution in [2.45, 2.75) is 13.2 Å². The minimum absolute atomic E-state index is 0.159. The Kier molecular flexibility index (Phi) is 7.64. The molecule has 8 heteroatoms. The molecule has 170 valence electrons. The van der Waals surface area contributed by atoms with Gasteiger partial charge in [-0.2, -0.15) is 0 Å². The van der Waals surface area contributed by atoms with Crippen molar-refractivity contribution in [2.75, 3.05) is 14.2 Å². The van der Waals surface area contributed by atoms with Crippen LogP contribution in [0.2, 0.25) is 0 Å². The fourth-order valence-corrected chi connectivity index (χ4v) is 3.18. The van der Waals surface area contributed by atoms with Crippen molar-refractivity contribution in [3.8, 4) is 11.5 Å². The highest BCUT2D eigenvalue weighted by Gasteiger charge is 2.14. The lowest BCUT2D eigenvalue weighted by molar-refractivity contribution is 0.0596. The van der Waals surface area contributed by atoms with Gasteiger partial charge in [0.15, 0.2) is 0 Å². The maximum atomic E-state index is 12.7. The lowest BCUT2D eigenvalue weighted by atomic mass is 10.1. The van der Waals surface area contributed by atoms with Crippen molar-refractivity contribution in [1.82, 2.24) is 5.32 Å². The third-order valence-electron chi connectivity index (χ3n) is 4.86. The van der Waals surface area contributed by atoms with E-state index in [1.807, 2.05) is 6.07 Å². The van der Waals surface area contributed by atoms with Crippen LogP contribution in [0.15, 0.2) is 66.7 Å². The smallest absolute Gasteiger partial charge is 0.341 e. The Bertz CT molecular complexity index is 1180. The molecule has 0 saturated carbocycles. The van der Waals surface area contributed by atoms with Crippen molar-refractivity contribution in [3.63, 3.8) is 0 Å². The Morgan fingerprint density at radius 2 is 1.64 bits per heavy atom. The van der Waals surface area contributed by atoms with Crippen LogP contribution in [0.4, 0.5) is 0 Å². The Morgan fingerprint density at radius 3 is 2.36 bits per heavy atom. The fourth-order valence-electron chi connectivity index (χ4n) is 3.18. The molecule has 0 radical (unpaired) electrons. The molecule has 0 aliphatic carbocycles. The maximum Gasteiger partial charge on any atom is 0.341 e. The van der Waals surface area contributed by atoms with Crippen LogP contribution in [-0.4, -0.2) is 32.0 Å². The zero-order chi connectivity index (χ0) is 23.8. The number of methoxy groups -OCH3 is 2. The van der Waals surface area contributed by atoms with Gasteiger partial charge in [-0.15, -0.1) is 0 Å². The summed E-state index contributed by atoms with van der Waals surface area (Å²) < 4.78 is 15.7. The van der Waals surface area contributed by atoms with Crippen LogP contribution >= 0.6 is 0 Å². The molecular formula is C25H24N2O6. The summed E-state index contributed by atoms with van der Waals surface area (Å²) in [5.41, 5.74) is 7.85. The van der Waals surface area contributed by atoms with E-state index in [1.54, 1.807) is 60.7 Å². The summed E-state index contributed by atoms with van der Waals surface area (Å²) in [7, 11) is 2.76. The van der Waals surface area contributed by atoms with E-state index < -0.39 is 11.9 Å². The number of hydrogen-bond donors (Lipinski definition) is 2. The summed E-state index contributed by atoms with van der Waals surface area (Å²) >= 11 is 0. The van der Waals surface area contributed by atoms with E-state index in [0.29, 0.717) is 22.6 Å². The molecule has 0 fully saturated rings. The molecule has 3 rings (SSSR count). The summed E-state index contributed by atoms with van der Waals surface area (Å²) in [6.07, 6.45) is 0. The molecule has 3 aromatic rings. The van der Waals surface area contributed by atoms with E-state index >= 15 is 0 Å². The van der Waals surface area contributed by atoms with Gasteiger partial charge in [0.25, 0.3) is 11.8 Å². The average Bonchev–Trinajstić information content (AvgIpc) is 2.85. The van der Waals surface area contributed by atoms with Crippen LogP contribution in [-0.2, 0) is 17.9 Å². The third-order valence-corrected chi connectivity index (χ3v) is 4.86. The molecular weight excluding hydrogens is 424 g/mol. The highest BCUT2D eigenvalue weighted by atomic mass is 16.5. The maximum absolute atomic E-state index is 12.7. The zero-order valence-electron chi connectivity index (χ0n) is 18.3. The Hall–Kier alpha value is -4.33. The minimum Gasteiger partial charge on any atom is -0.496 e. The molecule has 0 atom stereocenters. The number of amides is 2. The second-order valence-electron chi connectivity index (χ2n) is 7.06. The molecule has 0 spiro atoms. The highest BCUT2D eigenvalue weighted by Crippen LogP contribution is 2.21. The minimum atomic E-state index is -0.576. The lowest BCUT2D eigenvalue weighted by Crippen LogP contribution is -2.23. The number of para-hydroxylation sites is 1. The molecule has 0 unspecified atom stereocenters. The van der Waals surface area contributed by atoms with Crippen LogP contribution in [0, 0.1) is 0 Å². The third kappa shape index (κ3) is 5.88. The summed E-state index contributed by atoms with van der Waals surface area (Å²) in [6.45, 7) is 0.367. The van der Waals surface area contributed by atoms with E-state index in [-0.39, 0.29) is 30.2 Å². The number of carbonyl (C=O) groups is 3. The van der Waals surface area contributed by atoms with Crippen LogP contribution in [0.5, 0.6) is 11.5 Å². The second-order valence-corrected chi connectivity index (χ2v) is 7.06. The SMILES string of the molecule is COC(=O)c1cc(CNC(=O)c2cccc(COc3ccccc3C(N)=O)c2)ccc1OC. The number of nitrogens with two attached hydrogens (primary N) is 1. The topological polar surface area (TPSA) is 117 Å².